The summed E-state index contributed by atoms with van der Waals surface area (Å²) in [6.45, 7) is 4.45. The second-order valence-corrected chi connectivity index (χ2v) is 10.4. The summed E-state index contributed by atoms with van der Waals surface area (Å²) in [4.78, 5) is 0. The van der Waals surface area contributed by atoms with E-state index in [4.69, 9.17) is 17.0 Å². The molecule has 2 aromatic carbocycles. The summed E-state index contributed by atoms with van der Waals surface area (Å²) < 4.78 is 0. The standard InChI is InChI=1S/2C12H13.2ClH.Zr/c2*1-2-5-10-8-9-11-6-3-4-7-12(10)11;;;/h2*3-4,6-7,9-10H,2,5H2,1H3;2*1H;/q2*-1;;;+4/p-2. The van der Waals surface area contributed by atoms with Gasteiger partial charge in [0.15, 0.2) is 0 Å². The van der Waals surface area contributed by atoms with E-state index in [0.29, 0.717) is 11.8 Å². The zero-order chi connectivity index (χ0) is 19.5. The van der Waals surface area contributed by atoms with Crippen molar-refractivity contribution in [2.75, 3.05) is 0 Å². The van der Waals surface area contributed by atoms with Gasteiger partial charge in [0.05, 0.1) is 0 Å². The van der Waals surface area contributed by atoms with Gasteiger partial charge >= 0.3 is 37.9 Å². The van der Waals surface area contributed by atoms with Gasteiger partial charge in [0.1, 0.15) is 0 Å². The van der Waals surface area contributed by atoms with Crippen molar-refractivity contribution in [2.45, 2.75) is 51.4 Å². The number of rotatable bonds is 4. The number of hydrogen-bond acceptors (Lipinski definition) is 0. The first kappa shape index (κ1) is 22.7. The Labute approximate surface area is 183 Å². The van der Waals surface area contributed by atoms with Crippen molar-refractivity contribution in [1.29, 1.82) is 0 Å². The van der Waals surface area contributed by atoms with E-state index in [1.165, 1.54) is 47.9 Å². The number of allylic oxidation sites excluding steroid dienone is 2. The molecule has 4 rings (SSSR count). The van der Waals surface area contributed by atoms with E-state index >= 15 is 0 Å². The van der Waals surface area contributed by atoms with Crippen LogP contribution < -0.4 is 0 Å². The molecule has 0 saturated carbocycles. The molecule has 0 bridgehead atoms. The Kier molecular flexibility index (Phi) is 10.7. The van der Waals surface area contributed by atoms with Gasteiger partial charge in [-0.3, -0.25) is 12.2 Å². The average Bonchev–Trinajstić information content (AvgIpc) is 3.29. The predicted octanol–water partition coefficient (Wildman–Crippen LogP) is 8.18. The van der Waals surface area contributed by atoms with Crippen molar-refractivity contribution in [3.63, 3.8) is 0 Å². The summed E-state index contributed by atoms with van der Waals surface area (Å²) >= 11 is -0.826. The van der Waals surface area contributed by atoms with Gasteiger partial charge in [0.2, 0.25) is 0 Å². The van der Waals surface area contributed by atoms with Gasteiger partial charge in [-0.05, 0) is 0 Å². The van der Waals surface area contributed by atoms with Crippen LogP contribution in [0.4, 0.5) is 0 Å². The monoisotopic (exact) mass is 474 g/mol. The Morgan fingerprint density at radius 2 is 1.11 bits per heavy atom. The van der Waals surface area contributed by atoms with Crippen LogP contribution in [0.15, 0.2) is 48.5 Å². The second-order valence-electron chi connectivity index (χ2n) is 6.63. The molecule has 2 aliphatic carbocycles. The number of fused-ring (bicyclic) bond motifs is 2. The maximum absolute atomic E-state index is 4.93. The fourth-order valence-electron chi connectivity index (χ4n) is 3.53. The number of halogens is 2. The maximum atomic E-state index is 4.93. The van der Waals surface area contributed by atoms with E-state index in [9.17, 15) is 0 Å². The molecule has 2 aliphatic rings. The Morgan fingerprint density at radius 1 is 0.741 bits per heavy atom. The first-order valence-electron chi connectivity index (χ1n) is 9.57. The molecule has 0 nitrogen and oxygen atoms in total. The van der Waals surface area contributed by atoms with E-state index in [1.54, 1.807) is 0 Å². The summed E-state index contributed by atoms with van der Waals surface area (Å²) in [5, 5.41) is 0. The van der Waals surface area contributed by atoms with Crippen molar-refractivity contribution >= 4 is 29.2 Å². The third-order valence-electron chi connectivity index (χ3n) is 4.78. The molecular weight excluding hydrogens is 450 g/mol. The fourth-order valence-corrected chi connectivity index (χ4v) is 3.53. The van der Waals surface area contributed by atoms with Crippen LogP contribution in [0.25, 0.3) is 12.2 Å². The van der Waals surface area contributed by atoms with Crippen LogP contribution in [0.1, 0.15) is 73.6 Å². The van der Waals surface area contributed by atoms with E-state index in [2.05, 4.69) is 86.7 Å². The molecule has 0 aliphatic heterocycles. The van der Waals surface area contributed by atoms with Crippen molar-refractivity contribution in [3.05, 3.63) is 82.9 Å². The van der Waals surface area contributed by atoms with Crippen molar-refractivity contribution in [1.82, 2.24) is 0 Å². The van der Waals surface area contributed by atoms with Gasteiger partial charge in [-0.2, -0.15) is 11.1 Å². The van der Waals surface area contributed by atoms with Crippen LogP contribution in [0, 0.1) is 12.2 Å². The van der Waals surface area contributed by atoms with E-state index in [0.717, 1.165) is 0 Å². The van der Waals surface area contributed by atoms with Crippen LogP contribution in [-0.2, 0) is 20.8 Å². The van der Waals surface area contributed by atoms with Crippen molar-refractivity contribution in [3.8, 4) is 0 Å². The third-order valence-corrected chi connectivity index (χ3v) is 4.78. The Morgan fingerprint density at radius 3 is 1.48 bits per heavy atom. The van der Waals surface area contributed by atoms with Gasteiger partial charge in [0.25, 0.3) is 0 Å². The Balaban J connectivity index is 0.000000170. The van der Waals surface area contributed by atoms with Crippen LogP contribution >= 0.6 is 17.0 Å². The third kappa shape index (κ3) is 6.74. The van der Waals surface area contributed by atoms with Crippen LogP contribution in [-0.4, -0.2) is 0 Å². The second kappa shape index (κ2) is 12.8. The molecule has 0 aromatic heterocycles. The summed E-state index contributed by atoms with van der Waals surface area (Å²) in [6, 6.07) is 17.2. The summed E-state index contributed by atoms with van der Waals surface area (Å²) in [7, 11) is 9.87. The molecular formula is C24H26Cl2Zr. The quantitative estimate of drug-likeness (QED) is 0.390. The molecule has 3 heteroatoms. The van der Waals surface area contributed by atoms with Gasteiger partial charge in [-0.15, -0.1) is 23.3 Å². The Bertz CT molecular complexity index is 688. The molecule has 0 heterocycles. The van der Waals surface area contributed by atoms with Crippen LogP contribution in [0.3, 0.4) is 0 Å². The van der Waals surface area contributed by atoms with Gasteiger partial charge in [0, 0.05) is 0 Å². The molecule has 2 atom stereocenters. The fraction of sp³-hybridized carbons (Fsp3) is 0.333. The molecule has 0 spiro atoms. The SMILES string of the molecule is CCCC1[C-]=Cc2ccccc21.CCCC1[C-]=Cc2ccccc21.[Cl][Zr+2][Cl]. The van der Waals surface area contributed by atoms with Crippen molar-refractivity contribution < 1.29 is 20.8 Å². The minimum atomic E-state index is -0.826. The van der Waals surface area contributed by atoms with Gasteiger partial charge in [-0.1, -0.05) is 87.8 Å². The zero-order valence-corrected chi connectivity index (χ0v) is 20.0. The molecule has 0 radical (unpaired) electrons. The molecule has 0 N–H and O–H groups in total. The molecule has 0 amide bonds. The van der Waals surface area contributed by atoms with E-state index < -0.39 is 20.8 Å². The van der Waals surface area contributed by atoms with E-state index in [1.807, 2.05) is 0 Å². The summed E-state index contributed by atoms with van der Waals surface area (Å²) in [6.07, 6.45) is 16.0. The topological polar surface area (TPSA) is 0 Å². The minimum absolute atomic E-state index is 0.561. The number of hydrogen-bond donors (Lipinski definition) is 0. The predicted molar refractivity (Wildman–Crippen MR) is 115 cm³/mol. The molecule has 0 saturated heterocycles. The van der Waals surface area contributed by atoms with Crippen LogP contribution in [0.2, 0.25) is 0 Å². The normalized spacial score (nSPS) is 17.8. The first-order chi connectivity index (χ1) is 13.2. The van der Waals surface area contributed by atoms with Crippen molar-refractivity contribution in [2.24, 2.45) is 0 Å². The molecule has 2 unspecified atom stereocenters. The van der Waals surface area contributed by atoms with Gasteiger partial charge in [-0.25, -0.2) is 12.2 Å². The summed E-state index contributed by atoms with van der Waals surface area (Å²) in [5.41, 5.74) is 5.63. The first-order valence-corrected chi connectivity index (χ1v) is 15.9. The molecule has 0 fully saturated rings. The molecule has 2 aromatic rings. The van der Waals surface area contributed by atoms with E-state index in [-0.39, 0.29) is 0 Å². The van der Waals surface area contributed by atoms with Gasteiger partial charge < -0.3 is 0 Å². The molecule has 140 valence electrons. The average molecular weight is 477 g/mol. The number of benzene rings is 2. The summed E-state index contributed by atoms with van der Waals surface area (Å²) in [5.74, 6) is 1.12. The zero-order valence-electron chi connectivity index (χ0n) is 16.0. The Hall–Kier alpha value is -0.617. The van der Waals surface area contributed by atoms with Crippen LogP contribution in [0.5, 0.6) is 0 Å². The molecule has 27 heavy (non-hydrogen) atoms.